The number of pyridine rings is 1. The molecule has 8 nitrogen and oxygen atoms in total. The lowest BCUT2D eigenvalue weighted by atomic mass is 10.0. The third-order valence-electron chi connectivity index (χ3n) is 7.43. The highest BCUT2D eigenvalue weighted by atomic mass is 32.1. The number of nitrogens with zero attached hydrogens (tertiary/aromatic N) is 4. The van der Waals surface area contributed by atoms with Gasteiger partial charge in [0.1, 0.15) is 21.1 Å². The van der Waals surface area contributed by atoms with Crippen LogP contribution in [0.4, 0.5) is 9.80 Å². The van der Waals surface area contributed by atoms with E-state index in [9.17, 15) is 9.59 Å². The summed E-state index contributed by atoms with van der Waals surface area (Å²) in [5.41, 5.74) is 3.64. The second-order valence-corrected chi connectivity index (χ2v) is 13.9. The number of anilines is 1. The summed E-state index contributed by atoms with van der Waals surface area (Å²) in [6, 6.07) is 12.7. The second-order valence-electron chi connectivity index (χ2n) is 11.7. The first-order chi connectivity index (χ1) is 20.1. The Labute approximate surface area is 255 Å². The molecule has 1 N–H and O–H groups in total. The summed E-state index contributed by atoms with van der Waals surface area (Å²) in [5.74, 6) is -0.0250. The minimum absolute atomic E-state index is 0.0250. The molecule has 42 heavy (non-hydrogen) atoms. The number of carbonyl (C=O) groups is 2. The summed E-state index contributed by atoms with van der Waals surface area (Å²) in [6.45, 7) is 12.5. The van der Waals surface area contributed by atoms with Crippen molar-refractivity contribution in [1.82, 2.24) is 19.8 Å². The van der Waals surface area contributed by atoms with Crippen LogP contribution < -0.4 is 5.32 Å². The minimum atomic E-state index is -0.560. The van der Waals surface area contributed by atoms with Gasteiger partial charge >= 0.3 is 6.09 Å². The standard InChI is InChI=1S/C32H39N5O3S2/c1-6-21(2)36(19-22-10-8-7-9-11-22)17-14-27(38)35-30-28(29-34-24-18-33-15-12-25(24)41-29)23-13-16-37(20-26(23)42-30)31(39)40-32(3,4)5/h7-12,15,18,21H,6,13-14,16-17,19-20H2,1-5H3,(H,35,38)/t21-/m0/s1. The fourth-order valence-electron chi connectivity index (χ4n) is 5.05. The van der Waals surface area contributed by atoms with E-state index in [1.165, 1.54) is 16.9 Å². The molecule has 4 aromatic rings. The second kappa shape index (κ2) is 12.9. The summed E-state index contributed by atoms with van der Waals surface area (Å²) in [6.07, 6.45) is 5.29. The molecule has 5 rings (SSSR count). The van der Waals surface area contributed by atoms with Crippen LogP contribution in [0.2, 0.25) is 0 Å². The summed E-state index contributed by atoms with van der Waals surface area (Å²) in [5, 5.41) is 4.89. The number of thiophene rings is 1. The van der Waals surface area contributed by atoms with E-state index >= 15 is 0 Å². The van der Waals surface area contributed by atoms with Crippen LogP contribution in [0.25, 0.3) is 20.8 Å². The Morgan fingerprint density at radius 2 is 1.95 bits per heavy atom. The molecule has 0 bridgehead atoms. The van der Waals surface area contributed by atoms with Crippen molar-refractivity contribution in [3.8, 4) is 10.6 Å². The number of fused-ring (bicyclic) bond motifs is 2. The van der Waals surface area contributed by atoms with Crippen molar-refractivity contribution < 1.29 is 14.3 Å². The van der Waals surface area contributed by atoms with Gasteiger partial charge in [0.05, 0.1) is 17.4 Å². The van der Waals surface area contributed by atoms with E-state index < -0.39 is 5.60 Å². The minimum Gasteiger partial charge on any atom is -0.444 e. The van der Waals surface area contributed by atoms with Crippen molar-refractivity contribution in [2.45, 2.75) is 78.6 Å². The van der Waals surface area contributed by atoms with Crippen molar-refractivity contribution in [2.75, 3.05) is 18.4 Å². The van der Waals surface area contributed by atoms with E-state index in [1.807, 2.05) is 32.9 Å². The molecule has 222 valence electrons. The highest BCUT2D eigenvalue weighted by Gasteiger charge is 2.31. The first-order valence-corrected chi connectivity index (χ1v) is 16.2. The Hall–Kier alpha value is -3.34. The smallest absolute Gasteiger partial charge is 0.410 e. The van der Waals surface area contributed by atoms with Crippen LogP contribution in [0.15, 0.2) is 48.8 Å². The monoisotopic (exact) mass is 605 g/mol. The number of carbonyl (C=O) groups excluding carboxylic acids is 2. The molecule has 1 atom stereocenters. The number of rotatable bonds is 9. The lowest BCUT2D eigenvalue weighted by Crippen LogP contribution is -2.39. The number of aromatic nitrogens is 2. The van der Waals surface area contributed by atoms with Crippen molar-refractivity contribution in [2.24, 2.45) is 0 Å². The van der Waals surface area contributed by atoms with Gasteiger partial charge in [0.25, 0.3) is 0 Å². The number of hydrogen-bond donors (Lipinski definition) is 1. The van der Waals surface area contributed by atoms with E-state index in [2.05, 4.69) is 53.3 Å². The van der Waals surface area contributed by atoms with E-state index in [4.69, 9.17) is 9.72 Å². The average Bonchev–Trinajstić information content (AvgIpc) is 3.54. The molecule has 0 fully saturated rings. The molecule has 1 aliphatic rings. The van der Waals surface area contributed by atoms with Gasteiger partial charge in [-0.2, -0.15) is 0 Å². The van der Waals surface area contributed by atoms with E-state index in [0.717, 1.165) is 49.2 Å². The Kier molecular flexibility index (Phi) is 9.25. The van der Waals surface area contributed by atoms with Crippen molar-refractivity contribution in [3.05, 3.63) is 64.8 Å². The third kappa shape index (κ3) is 7.17. The SMILES string of the molecule is CC[C@H](C)N(CCC(=O)Nc1sc2c(c1-c1nc3cnccc3s1)CCN(C(=O)OC(C)(C)C)C2)Cc1ccccc1. The predicted molar refractivity (Wildman–Crippen MR) is 171 cm³/mol. The van der Waals surface area contributed by atoms with Crippen LogP contribution >= 0.6 is 22.7 Å². The fraction of sp³-hybridized carbons (Fsp3) is 0.438. The quantitative estimate of drug-likeness (QED) is 0.215. The molecule has 0 saturated carbocycles. The number of benzene rings is 1. The molecule has 2 amide bonds. The molecule has 0 spiro atoms. The van der Waals surface area contributed by atoms with Gasteiger partial charge in [0, 0.05) is 48.7 Å². The molecule has 0 aliphatic carbocycles. The Bertz CT molecular complexity index is 1510. The molecule has 10 heteroatoms. The zero-order chi connectivity index (χ0) is 29.9. The Morgan fingerprint density at radius 3 is 2.67 bits per heavy atom. The summed E-state index contributed by atoms with van der Waals surface area (Å²) in [7, 11) is 0. The van der Waals surface area contributed by atoms with Crippen LogP contribution in [-0.4, -0.2) is 56.5 Å². The molecular formula is C32H39N5O3S2. The summed E-state index contributed by atoms with van der Waals surface area (Å²) in [4.78, 5) is 40.6. The normalized spacial score (nSPS) is 14.2. The van der Waals surface area contributed by atoms with Crippen molar-refractivity contribution in [1.29, 1.82) is 0 Å². The Balaban J connectivity index is 1.38. The summed E-state index contributed by atoms with van der Waals surface area (Å²) < 4.78 is 6.69. The van der Waals surface area contributed by atoms with Gasteiger partial charge in [-0.15, -0.1) is 22.7 Å². The number of nitrogens with one attached hydrogen (secondary N) is 1. The topological polar surface area (TPSA) is 87.7 Å². The average molecular weight is 606 g/mol. The maximum atomic E-state index is 13.4. The molecule has 1 aliphatic heterocycles. The van der Waals surface area contributed by atoms with E-state index in [1.54, 1.807) is 28.6 Å². The van der Waals surface area contributed by atoms with Crippen LogP contribution in [0.5, 0.6) is 0 Å². The molecule has 0 unspecified atom stereocenters. The van der Waals surface area contributed by atoms with Gasteiger partial charge in [0.2, 0.25) is 5.91 Å². The van der Waals surface area contributed by atoms with Crippen LogP contribution in [0.3, 0.4) is 0 Å². The lowest BCUT2D eigenvalue weighted by Gasteiger charge is -2.30. The first kappa shape index (κ1) is 30.1. The van der Waals surface area contributed by atoms with Gasteiger partial charge in [-0.25, -0.2) is 9.78 Å². The third-order valence-corrected chi connectivity index (χ3v) is 9.62. The maximum Gasteiger partial charge on any atom is 0.410 e. The highest BCUT2D eigenvalue weighted by Crippen LogP contribution is 2.45. The molecule has 0 radical (unpaired) electrons. The summed E-state index contributed by atoms with van der Waals surface area (Å²) >= 11 is 3.14. The van der Waals surface area contributed by atoms with E-state index in [-0.39, 0.29) is 12.0 Å². The zero-order valence-electron chi connectivity index (χ0n) is 25.0. The number of thiazole rings is 1. The number of ether oxygens (including phenoxy) is 1. The van der Waals surface area contributed by atoms with Gasteiger partial charge in [-0.05, 0) is 57.7 Å². The molecule has 3 aromatic heterocycles. The highest BCUT2D eigenvalue weighted by molar-refractivity contribution is 7.22. The van der Waals surface area contributed by atoms with Crippen molar-refractivity contribution in [3.63, 3.8) is 0 Å². The van der Waals surface area contributed by atoms with Gasteiger partial charge < -0.3 is 15.0 Å². The van der Waals surface area contributed by atoms with Gasteiger partial charge in [-0.3, -0.25) is 14.7 Å². The predicted octanol–water partition coefficient (Wildman–Crippen LogP) is 7.34. The van der Waals surface area contributed by atoms with Crippen LogP contribution in [0.1, 0.15) is 63.5 Å². The fourth-order valence-corrected chi connectivity index (χ4v) is 7.41. The zero-order valence-corrected chi connectivity index (χ0v) is 26.6. The van der Waals surface area contributed by atoms with E-state index in [0.29, 0.717) is 38.5 Å². The first-order valence-electron chi connectivity index (χ1n) is 14.5. The molecular weight excluding hydrogens is 567 g/mol. The lowest BCUT2D eigenvalue weighted by molar-refractivity contribution is -0.116. The van der Waals surface area contributed by atoms with Crippen molar-refractivity contribution >= 4 is 49.9 Å². The molecule has 4 heterocycles. The Morgan fingerprint density at radius 1 is 1.17 bits per heavy atom. The maximum absolute atomic E-state index is 13.4. The largest absolute Gasteiger partial charge is 0.444 e. The van der Waals surface area contributed by atoms with Gasteiger partial charge in [-0.1, -0.05) is 37.3 Å². The van der Waals surface area contributed by atoms with Crippen LogP contribution in [-0.2, 0) is 29.0 Å². The van der Waals surface area contributed by atoms with Gasteiger partial charge in [0.15, 0.2) is 0 Å². The molecule has 1 aromatic carbocycles. The number of amides is 2. The number of hydrogen-bond acceptors (Lipinski definition) is 8. The van der Waals surface area contributed by atoms with Crippen LogP contribution in [0, 0.1) is 0 Å². The molecule has 0 saturated heterocycles.